The van der Waals surface area contributed by atoms with Gasteiger partial charge in [-0.2, -0.15) is 0 Å². The molecule has 0 rings (SSSR count). The molecule has 109 heavy (non-hydrogen) atoms. The number of carbonyl (C=O) groups is 4. The predicted octanol–water partition coefficient (Wildman–Crippen LogP) is 27.9. The molecule has 0 bridgehead atoms. The lowest BCUT2D eigenvalue weighted by atomic mass is 10.0. The average Bonchev–Trinajstić information content (AvgIpc) is 0.899. The molecule has 0 aliphatic carbocycles. The minimum atomic E-state index is -4.97. The third-order valence-electron chi connectivity index (χ3n) is 21.3. The van der Waals surface area contributed by atoms with Gasteiger partial charge in [-0.3, -0.25) is 37.3 Å². The number of phosphoric ester groups is 2. The van der Waals surface area contributed by atoms with Gasteiger partial charge in [0.05, 0.1) is 26.4 Å². The van der Waals surface area contributed by atoms with Crippen molar-refractivity contribution >= 4 is 39.5 Å². The highest BCUT2D eigenvalue weighted by molar-refractivity contribution is 7.47. The highest BCUT2D eigenvalue weighted by atomic mass is 31.2. The molecule has 0 saturated carbocycles. The van der Waals surface area contributed by atoms with E-state index < -0.39 is 97.5 Å². The van der Waals surface area contributed by atoms with Gasteiger partial charge in [0.15, 0.2) is 12.2 Å². The van der Waals surface area contributed by atoms with Gasteiger partial charge in [0, 0.05) is 25.7 Å². The molecule has 0 spiro atoms. The van der Waals surface area contributed by atoms with Crippen molar-refractivity contribution in [3.63, 3.8) is 0 Å². The maximum absolute atomic E-state index is 13.2. The zero-order valence-electron chi connectivity index (χ0n) is 71.7. The van der Waals surface area contributed by atoms with E-state index in [0.717, 1.165) is 95.8 Å². The molecule has 3 N–H and O–H groups in total. The summed E-state index contributed by atoms with van der Waals surface area (Å²) in [4.78, 5) is 73.3. The fraction of sp³-hybridized carbons (Fsp3) is 0.956. The monoisotopic (exact) mass is 1590 g/mol. The number of phosphoric acid groups is 2. The number of rotatable bonds is 90. The van der Waals surface area contributed by atoms with Crippen LogP contribution in [0.25, 0.3) is 0 Å². The van der Waals surface area contributed by atoms with Crippen molar-refractivity contribution in [1.82, 2.24) is 0 Å². The molecule has 0 aliphatic rings. The fourth-order valence-corrected chi connectivity index (χ4v) is 15.8. The van der Waals surface area contributed by atoms with Crippen LogP contribution in [0.1, 0.15) is 490 Å². The van der Waals surface area contributed by atoms with Gasteiger partial charge in [0.2, 0.25) is 0 Å². The summed E-state index contributed by atoms with van der Waals surface area (Å²) in [5.74, 6) is -1.27. The van der Waals surface area contributed by atoms with Gasteiger partial charge in [-0.25, -0.2) is 9.13 Å². The molecule has 0 aliphatic heterocycles. The summed E-state index contributed by atoms with van der Waals surface area (Å²) in [6.07, 6.45) is 77.9. The molecule has 0 radical (unpaired) electrons. The van der Waals surface area contributed by atoms with Gasteiger partial charge in [0.1, 0.15) is 19.3 Å². The first kappa shape index (κ1) is 107. The van der Waals surface area contributed by atoms with Gasteiger partial charge in [-0.15, -0.1) is 0 Å². The van der Waals surface area contributed by atoms with Gasteiger partial charge < -0.3 is 33.8 Å². The first-order valence-corrected chi connectivity index (χ1v) is 49.6. The second-order valence-electron chi connectivity index (χ2n) is 32.8. The van der Waals surface area contributed by atoms with E-state index >= 15 is 0 Å². The lowest BCUT2D eigenvalue weighted by Gasteiger charge is -2.21. The summed E-state index contributed by atoms with van der Waals surface area (Å²) in [6, 6.07) is 0. The van der Waals surface area contributed by atoms with Crippen molar-refractivity contribution in [3.05, 3.63) is 0 Å². The number of aliphatic hydroxyl groups excluding tert-OH is 1. The standard InChI is InChI=1S/C90H176O17P2/c1-6-9-12-15-18-21-24-26-28-29-30-31-32-33-38-42-46-51-56-61-66-71-76-90(95)107-86(80-101-88(93)74-69-64-59-54-49-44-41-37-35-34-36-40-43-48-52-57-62-67-72-83(4)5)82-105-109(98,99)103-78-84(91)77-102-108(96,97)104-81-85(79-100-87(92)73-68-63-58-53-47-23-20-17-14-11-8-3)106-89(94)75-70-65-60-55-50-45-39-27-25-22-19-16-13-10-7-2/h83-86,91H,6-82H2,1-5H3,(H,96,97)(H,98,99)/t84-,85+,86+/m0/s1. The van der Waals surface area contributed by atoms with E-state index in [1.165, 1.54) is 315 Å². The van der Waals surface area contributed by atoms with Crippen molar-refractivity contribution in [2.75, 3.05) is 39.6 Å². The SMILES string of the molecule is CCCCCCCCCCCCCCCCCCCCCCCCC(=O)O[C@H](COC(=O)CCCCCCCCCCCCCCCCCCCCC(C)C)COP(=O)(O)OC[C@@H](O)COP(=O)(O)OC[C@@H](COC(=O)CCCCCCCCCCCCC)OC(=O)CCCCCCCCCCCCCCCCC. The Bertz CT molecular complexity index is 2070. The molecule has 2 unspecified atom stereocenters. The largest absolute Gasteiger partial charge is 0.472 e. The van der Waals surface area contributed by atoms with Crippen LogP contribution in [0.5, 0.6) is 0 Å². The van der Waals surface area contributed by atoms with Crippen molar-refractivity contribution < 1.29 is 80.2 Å². The molecule has 0 amide bonds. The number of aliphatic hydroxyl groups is 1. The predicted molar refractivity (Wildman–Crippen MR) is 451 cm³/mol. The smallest absolute Gasteiger partial charge is 0.462 e. The Kier molecular flexibility index (Phi) is 81.1. The van der Waals surface area contributed by atoms with E-state index in [1.807, 2.05) is 0 Å². The molecule has 0 fully saturated rings. The molecule has 5 atom stereocenters. The minimum Gasteiger partial charge on any atom is -0.462 e. The Hall–Kier alpha value is -1.94. The van der Waals surface area contributed by atoms with E-state index in [4.69, 9.17) is 37.0 Å². The van der Waals surface area contributed by atoms with Crippen LogP contribution >= 0.6 is 15.6 Å². The lowest BCUT2D eigenvalue weighted by Crippen LogP contribution is -2.30. The minimum absolute atomic E-state index is 0.109. The zero-order valence-corrected chi connectivity index (χ0v) is 73.5. The Morgan fingerprint density at radius 1 is 0.248 bits per heavy atom. The van der Waals surface area contributed by atoms with E-state index in [-0.39, 0.29) is 25.7 Å². The van der Waals surface area contributed by atoms with Crippen LogP contribution in [0.15, 0.2) is 0 Å². The molecule has 0 heterocycles. The number of hydrogen-bond acceptors (Lipinski definition) is 15. The highest BCUT2D eigenvalue weighted by Gasteiger charge is 2.31. The molecule has 17 nitrogen and oxygen atoms in total. The van der Waals surface area contributed by atoms with Gasteiger partial charge in [0.25, 0.3) is 0 Å². The summed E-state index contributed by atoms with van der Waals surface area (Å²) in [5, 5.41) is 10.7. The van der Waals surface area contributed by atoms with Crippen LogP contribution in [0, 0.1) is 5.92 Å². The molecular formula is C90H176O17P2. The van der Waals surface area contributed by atoms with Crippen LogP contribution in [-0.2, 0) is 65.4 Å². The highest BCUT2D eigenvalue weighted by Crippen LogP contribution is 2.45. The molecular weight excluding hydrogens is 1410 g/mol. The number of ether oxygens (including phenoxy) is 4. The Morgan fingerprint density at radius 3 is 0.624 bits per heavy atom. The average molecular weight is 1590 g/mol. The van der Waals surface area contributed by atoms with Crippen molar-refractivity contribution in [1.29, 1.82) is 0 Å². The van der Waals surface area contributed by atoms with Crippen LogP contribution in [0.3, 0.4) is 0 Å². The Morgan fingerprint density at radius 2 is 0.422 bits per heavy atom. The molecule has 0 aromatic heterocycles. The second-order valence-corrected chi connectivity index (χ2v) is 35.7. The molecule has 0 aromatic rings. The van der Waals surface area contributed by atoms with Gasteiger partial charge >= 0.3 is 39.5 Å². The number of unbranched alkanes of at least 4 members (excludes halogenated alkanes) is 62. The zero-order chi connectivity index (χ0) is 79.7. The summed E-state index contributed by atoms with van der Waals surface area (Å²) >= 11 is 0. The normalized spacial score (nSPS) is 13.7. The lowest BCUT2D eigenvalue weighted by molar-refractivity contribution is -0.161. The Balaban J connectivity index is 5.22. The van der Waals surface area contributed by atoms with Crippen LogP contribution < -0.4 is 0 Å². The number of carbonyl (C=O) groups excluding carboxylic acids is 4. The van der Waals surface area contributed by atoms with E-state index in [1.54, 1.807) is 0 Å². The summed E-state index contributed by atoms with van der Waals surface area (Å²) in [5.41, 5.74) is 0. The summed E-state index contributed by atoms with van der Waals surface area (Å²) in [7, 11) is -9.93. The summed E-state index contributed by atoms with van der Waals surface area (Å²) in [6.45, 7) is 7.42. The Labute approximate surface area is 670 Å². The quantitative estimate of drug-likeness (QED) is 0.0222. The van der Waals surface area contributed by atoms with Gasteiger partial charge in [-0.1, -0.05) is 439 Å². The van der Waals surface area contributed by atoms with Crippen LogP contribution in [0.2, 0.25) is 0 Å². The summed E-state index contributed by atoms with van der Waals surface area (Å²) < 4.78 is 69.0. The van der Waals surface area contributed by atoms with E-state index in [0.29, 0.717) is 25.7 Å². The van der Waals surface area contributed by atoms with Crippen molar-refractivity contribution in [3.8, 4) is 0 Å². The third kappa shape index (κ3) is 83.8. The number of hydrogen-bond donors (Lipinski definition) is 3. The first-order valence-electron chi connectivity index (χ1n) is 46.6. The third-order valence-corrected chi connectivity index (χ3v) is 23.2. The number of esters is 4. The molecule has 0 aromatic carbocycles. The maximum atomic E-state index is 13.2. The van der Waals surface area contributed by atoms with Crippen LogP contribution in [-0.4, -0.2) is 96.7 Å². The van der Waals surface area contributed by atoms with E-state index in [2.05, 4.69) is 34.6 Å². The fourth-order valence-electron chi connectivity index (χ4n) is 14.2. The van der Waals surface area contributed by atoms with Gasteiger partial charge in [-0.05, 0) is 31.6 Å². The maximum Gasteiger partial charge on any atom is 0.472 e. The van der Waals surface area contributed by atoms with Crippen molar-refractivity contribution in [2.45, 2.75) is 509 Å². The van der Waals surface area contributed by atoms with E-state index in [9.17, 15) is 43.2 Å². The molecule has 0 saturated heterocycles. The molecule has 648 valence electrons. The molecule has 19 heteroatoms. The first-order chi connectivity index (χ1) is 53.0. The topological polar surface area (TPSA) is 237 Å². The van der Waals surface area contributed by atoms with Crippen molar-refractivity contribution in [2.24, 2.45) is 5.92 Å². The van der Waals surface area contributed by atoms with Crippen LogP contribution in [0.4, 0.5) is 0 Å². The second kappa shape index (κ2) is 82.6.